The molecule has 1 heterocycles. The summed E-state index contributed by atoms with van der Waals surface area (Å²) in [5, 5.41) is 3.75. The van der Waals surface area contributed by atoms with Crippen molar-refractivity contribution < 1.29 is 0 Å². The van der Waals surface area contributed by atoms with E-state index >= 15 is 0 Å². The lowest BCUT2D eigenvalue weighted by Crippen LogP contribution is -2.25. The molecule has 0 saturated heterocycles. The molecule has 0 spiro atoms. The van der Waals surface area contributed by atoms with Crippen LogP contribution in [-0.4, -0.2) is 17.6 Å². The summed E-state index contributed by atoms with van der Waals surface area (Å²) >= 11 is 0. The molecule has 3 aliphatic rings. The second kappa shape index (κ2) is 3.95. The number of hydrogen-bond donors (Lipinski definition) is 2. The third-order valence-corrected chi connectivity index (χ3v) is 5.34. The van der Waals surface area contributed by atoms with Crippen LogP contribution >= 0.6 is 0 Å². The molecular formula is C15H21N3. The second-order valence-electron chi connectivity index (χ2n) is 6.30. The lowest BCUT2D eigenvalue weighted by Gasteiger charge is -2.10. The van der Waals surface area contributed by atoms with Crippen LogP contribution in [0.25, 0.3) is 0 Å². The predicted octanol–water partition coefficient (Wildman–Crippen LogP) is 1.84. The van der Waals surface area contributed by atoms with Crippen LogP contribution in [0, 0.1) is 23.7 Å². The van der Waals surface area contributed by atoms with Crippen LogP contribution in [0.3, 0.4) is 0 Å². The Morgan fingerprint density at radius 1 is 1.22 bits per heavy atom. The zero-order valence-corrected chi connectivity index (χ0v) is 10.7. The first-order valence-electron chi connectivity index (χ1n) is 7.27. The van der Waals surface area contributed by atoms with Gasteiger partial charge in [0.15, 0.2) is 0 Å². The van der Waals surface area contributed by atoms with Gasteiger partial charge in [0.2, 0.25) is 0 Å². The Kier molecular flexibility index (Phi) is 2.37. The number of nitrogens with two attached hydrogens (primary N) is 1. The first kappa shape index (κ1) is 10.8. The van der Waals surface area contributed by atoms with Gasteiger partial charge < -0.3 is 11.1 Å². The Morgan fingerprint density at radius 2 is 2.00 bits per heavy atom. The third-order valence-electron chi connectivity index (χ3n) is 5.34. The van der Waals surface area contributed by atoms with Gasteiger partial charge >= 0.3 is 0 Å². The minimum absolute atomic E-state index is 0.750. The van der Waals surface area contributed by atoms with Crippen molar-refractivity contribution in [2.24, 2.45) is 23.7 Å². The minimum Gasteiger partial charge on any atom is -0.397 e. The van der Waals surface area contributed by atoms with Crippen LogP contribution in [0.2, 0.25) is 0 Å². The molecule has 0 aliphatic heterocycles. The summed E-state index contributed by atoms with van der Waals surface area (Å²) in [6.07, 6.45) is 7.31. The largest absolute Gasteiger partial charge is 0.397 e. The molecule has 2 bridgehead atoms. The summed E-state index contributed by atoms with van der Waals surface area (Å²) in [4.78, 5) is 4.34. The summed E-state index contributed by atoms with van der Waals surface area (Å²) in [6.45, 7) is 1.06. The highest BCUT2D eigenvalue weighted by Gasteiger charge is 2.64. The minimum atomic E-state index is 0.750. The van der Waals surface area contributed by atoms with Gasteiger partial charge in [-0.3, -0.25) is 4.98 Å². The van der Waals surface area contributed by atoms with Crippen LogP contribution in [0.4, 0.5) is 5.69 Å². The molecule has 18 heavy (non-hydrogen) atoms. The maximum atomic E-state index is 5.63. The van der Waals surface area contributed by atoms with Crippen molar-refractivity contribution in [1.29, 1.82) is 0 Å². The van der Waals surface area contributed by atoms with E-state index in [0.29, 0.717) is 0 Å². The lowest BCUT2D eigenvalue weighted by molar-refractivity contribution is 0.456. The average Bonchev–Trinajstić information content (AvgIpc) is 2.79. The molecule has 3 fully saturated rings. The highest BCUT2D eigenvalue weighted by Crippen LogP contribution is 2.65. The molecule has 4 unspecified atom stereocenters. The van der Waals surface area contributed by atoms with Gasteiger partial charge in [-0.25, -0.2) is 0 Å². The molecule has 1 aromatic rings. The van der Waals surface area contributed by atoms with Crippen LogP contribution in [0.1, 0.15) is 25.0 Å². The molecule has 3 saturated carbocycles. The molecule has 3 aliphatic carbocycles. The number of fused-ring (bicyclic) bond motifs is 5. The Labute approximate surface area is 108 Å². The Bertz CT molecular complexity index is 426. The molecule has 4 rings (SSSR count). The number of aromatic nitrogens is 1. The lowest BCUT2D eigenvalue weighted by atomic mass is 10.0. The van der Waals surface area contributed by atoms with Gasteiger partial charge in [0.25, 0.3) is 0 Å². The Balaban J connectivity index is 1.27. The maximum absolute atomic E-state index is 5.63. The highest BCUT2D eigenvalue weighted by molar-refractivity contribution is 5.34. The summed E-state index contributed by atoms with van der Waals surface area (Å²) in [5.41, 5.74) is 7.53. The van der Waals surface area contributed by atoms with Crippen molar-refractivity contribution in [3.05, 3.63) is 24.0 Å². The van der Waals surface area contributed by atoms with Gasteiger partial charge in [-0.1, -0.05) is 0 Å². The van der Waals surface area contributed by atoms with Crippen LogP contribution < -0.4 is 11.1 Å². The van der Waals surface area contributed by atoms with Gasteiger partial charge in [-0.05, 0) is 55.1 Å². The standard InChI is InChI=1S/C15H21N3/c16-11-3-4-12(18-8-11)5-6-17-15-13-9-1-2-10(7-9)14(13)15/h3-4,8-10,13-15,17H,1-2,5-7,16H2. The number of pyridine rings is 1. The molecule has 96 valence electrons. The fourth-order valence-electron chi connectivity index (χ4n) is 4.55. The number of nitrogen functional groups attached to an aromatic ring is 1. The topological polar surface area (TPSA) is 50.9 Å². The molecule has 3 N–H and O–H groups in total. The van der Waals surface area contributed by atoms with Gasteiger partial charge in [0, 0.05) is 24.7 Å². The average molecular weight is 243 g/mol. The van der Waals surface area contributed by atoms with E-state index in [4.69, 9.17) is 5.73 Å². The van der Waals surface area contributed by atoms with Crippen molar-refractivity contribution in [2.75, 3.05) is 12.3 Å². The van der Waals surface area contributed by atoms with E-state index in [9.17, 15) is 0 Å². The van der Waals surface area contributed by atoms with Crippen LogP contribution in [0.5, 0.6) is 0 Å². The van der Waals surface area contributed by atoms with Crippen molar-refractivity contribution >= 4 is 5.69 Å². The first-order valence-corrected chi connectivity index (χ1v) is 7.27. The quantitative estimate of drug-likeness (QED) is 0.848. The van der Waals surface area contributed by atoms with Gasteiger partial charge in [-0.2, -0.15) is 0 Å². The molecule has 3 heteroatoms. The van der Waals surface area contributed by atoms with Gasteiger partial charge in [0.05, 0.1) is 11.9 Å². The van der Waals surface area contributed by atoms with Crippen molar-refractivity contribution in [2.45, 2.75) is 31.7 Å². The normalized spacial score (nSPS) is 39.9. The van der Waals surface area contributed by atoms with E-state index < -0.39 is 0 Å². The van der Waals surface area contributed by atoms with Crippen LogP contribution in [0.15, 0.2) is 18.3 Å². The number of nitrogens with one attached hydrogen (secondary N) is 1. The maximum Gasteiger partial charge on any atom is 0.0501 e. The zero-order valence-electron chi connectivity index (χ0n) is 10.7. The van der Waals surface area contributed by atoms with Crippen molar-refractivity contribution in [1.82, 2.24) is 10.3 Å². The third kappa shape index (κ3) is 1.64. The van der Waals surface area contributed by atoms with E-state index in [1.54, 1.807) is 6.20 Å². The van der Waals surface area contributed by atoms with Crippen molar-refractivity contribution in [3.8, 4) is 0 Å². The first-order chi connectivity index (χ1) is 8.83. The monoisotopic (exact) mass is 243 g/mol. The fourth-order valence-corrected chi connectivity index (χ4v) is 4.55. The predicted molar refractivity (Wildman–Crippen MR) is 72.0 cm³/mol. The van der Waals surface area contributed by atoms with Gasteiger partial charge in [0.1, 0.15) is 0 Å². The van der Waals surface area contributed by atoms with E-state index in [1.807, 2.05) is 12.1 Å². The zero-order chi connectivity index (χ0) is 12.1. The fraction of sp³-hybridized carbons (Fsp3) is 0.667. The Hall–Kier alpha value is -1.09. The van der Waals surface area contributed by atoms with Gasteiger partial charge in [-0.15, -0.1) is 0 Å². The number of rotatable bonds is 4. The summed E-state index contributed by atoms with van der Waals surface area (Å²) in [7, 11) is 0. The molecule has 1 aromatic heterocycles. The number of hydrogen-bond acceptors (Lipinski definition) is 3. The molecule has 0 aromatic carbocycles. The number of anilines is 1. The van der Waals surface area contributed by atoms with Crippen LogP contribution in [-0.2, 0) is 6.42 Å². The number of nitrogens with zero attached hydrogens (tertiary/aromatic N) is 1. The van der Waals surface area contributed by atoms with E-state index in [0.717, 1.165) is 54.1 Å². The molecular weight excluding hydrogens is 222 g/mol. The summed E-state index contributed by atoms with van der Waals surface area (Å²) in [6, 6.07) is 4.81. The molecule has 4 atom stereocenters. The summed E-state index contributed by atoms with van der Waals surface area (Å²) < 4.78 is 0. The molecule has 0 radical (unpaired) electrons. The van der Waals surface area contributed by atoms with E-state index in [1.165, 1.54) is 19.3 Å². The second-order valence-corrected chi connectivity index (χ2v) is 6.30. The van der Waals surface area contributed by atoms with E-state index in [-0.39, 0.29) is 0 Å². The Morgan fingerprint density at radius 3 is 2.67 bits per heavy atom. The molecule has 3 nitrogen and oxygen atoms in total. The van der Waals surface area contributed by atoms with Crippen molar-refractivity contribution in [3.63, 3.8) is 0 Å². The smallest absolute Gasteiger partial charge is 0.0501 e. The highest BCUT2D eigenvalue weighted by atomic mass is 15.0. The molecule has 0 amide bonds. The van der Waals surface area contributed by atoms with E-state index in [2.05, 4.69) is 10.3 Å². The SMILES string of the molecule is Nc1ccc(CCNC2C3C4CCC(C4)C23)nc1. The summed E-state index contributed by atoms with van der Waals surface area (Å²) in [5.74, 6) is 4.19.